The molecule has 0 spiro atoms. The number of benzene rings is 1. The molecule has 0 saturated heterocycles. The van der Waals surface area contributed by atoms with Gasteiger partial charge in [0.05, 0.1) is 0 Å². The van der Waals surface area contributed by atoms with Crippen LogP contribution in [0.5, 0.6) is 0 Å². The number of carbonyl (C=O) groups excluding carboxylic acids is 2. The molecule has 0 aliphatic carbocycles. The first-order valence-corrected chi connectivity index (χ1v) is 7.96. The highest BCUT2D eigenvalue weighted by molar-refractivity contribution is 7.13. The maximum atomic E-state index is 12.0. The van der Waals surface area contributed by atoms with Gasteiger partial charge in [-0.15, -0.1) is 10.2 Å². The fraction of sp³-hybridized carbons (Fsp3) is 0.333. The highest BCUT2D eigenvalue weighted by Gasteiger charge is 2.13. The van der Waals surface area contributed by atoms with Crippen molar-refractivity contribution in [3.63, 3.8) is 0 Å². The Balaban J connectivity index is 1.85. The predicted octanol–water partition coefficient (Wildman–Crippen LogP) is 2.25. The molecule has 0 bridgehead atoms. The molecule has 0 unspecified atom stereocenters. The number of anilines is 1. The monoisotopic (exact) mass is 318 g/mol. The number of hydrogen-bond acceptors (Lipinski definition) is 5. The quantitative estimate of drug-likeness (QED) is 0.820. The Kier molecular flexibility index (Phi) is 6.02. The summed E-state index contributed by atoms with van der Waals surface area (Å²) in [7, 11) is 0. The molecule has 6 nitrogen and oxygen atoms in total. The zero-order valence-electron chi connectivity index (χ0n) is 12.3. The minimum atomic E-state index is -0.287. The van der Waals surface area contributed by atoms with E-state index in [1.807, 2.05) is 25.1 Å². The molecule has 7 heteroatoms. The highest BCUT2D eigenvalue weighted by Crippen LogP contribution is 2.14. The van der Waals surface area contributed by atoms with E-state index < -0.39 is 0 Å². The van der Waals surface area contributed by atoms with E-state index in [4.69, 9.17) is 0 Å². The van der Waals surface area contributed by atoms with Gasteiger partial charge in [0.15, 0.2) is 0 Å². The normalized spacial score (nSPS) is 10.2. The van der Waals surface area contributed by atoms with E-state index in [-0.39, 0.29) is 11.8 Å². The number of nitrogens with one attached hydrogen (secondary N) is 2. The molecule has 0 saturated carbocycles. The standard InChI is InChI=1S/C15H18N4O2S/c1-2-10-16-12(20)8-9-13-18-19-15(22-13)14(21)17-11-6-4-3-5-7-11/h3-7H,2,8-10H2,1H3,(H,16,20)(H,17,21). The van der Waals surface area contributed by atoms with Gasteiger partial charge in [-0.05, 0) is 18.6 Å². The van der Waals surface area contributed by atoms with Gasteiger partial charge < -0.3 is 10.6 Å². The van der Waals surface area contributed by atoms with Crippen LogP contribution in [0.1, 0.15) is 34.6 Å². The second-order valence-corrected chi connectivity index (χ2v) is 5.73. The number of nitrogens with zero attached hydrogens (tertiary/aromatic N) is 2. The van der Waals surface area contributed by atoms with Gasteiger partial charge in [0, 0.05) is 25.1 Å². The lowest BCUT2D eigenvalue weighted by atomic mass is 10.3. The lowest BCUT2D eigenvalue weighted by molar-refractivity contribution is -0.121. The van der Waals surface area contributed by atoms with E-state index in [0.29, 0.717) is 35.1 Å². The second kappa shape index (κ2) is 8.23. The second-order valence-electron chi connectivity index (χ2n) is 4.67. The zero-order valence-corrected chi connectivity index (χ0v) is 13.2. The van der Waals surface area contributed by atoms with Gasteiger partial charge in [-0.1, -0.05) is 36.5 Å². The molecule has 2 amide bonds. The molecule has 116 valence electrons. The van der Waals surface area contributed by atoms with Gasteiger partial charge in [0.2, 0.25) is 10.9 Å². The first-order chi connectivity index (χ1) is 10.7. The lowest BCUT2D eigenvalue weighted by Crippen LogP contribution is -2.24. The average Bonchev–Trinajstić information content (AvgIpc) is 3.01. The number of rotatable bonds is 7. The van der Waals surface area contributed by atoms with Crippen LogP contribution in [0.25, 0.3) is 0 Å². The molecule has 0 aliphatic heterocycles. The zero-order chi connectivity index (χ0) is 15.8. The average molecular weight is 318 g/mol. The van der Waals surface area contributed by atoms with Crippen molar-refractivity contribution in [3.8, 4) is 0 Å². The number of aryl methyl sites for hydroxylation is 1. The number of para-hydroxylation sites is 1. The fourth-order valence-electron chi connectivity index (χ4n) is 1.73. The molecule has 2 N–H and O–H groups in total. The summed E-state index contributed by atoms with van der Waals surface area (Å²) < 4.78 is 0. The Labute approximate surface area is 133 Å². The van der Waals surface area contributed by atoms with Crippen molar-refractivity contribution < 1.29 is 9.59 Å². The first-order valence-electron chi connectivity index (χ1n) is 7.14. The van der Waals surface area contributed by atoms with Crippen LogP contribution in [-0.2, 0) is 11.2 Å². The van der Waals surface area contributed by atoms with Crippen LogP contribution in [0, 0.1) is 0 Å². The minimum Gasteiger partial charge on any atom is -0.356 e. The molecule has 2 aromatic rings. The van der Waals surface area contributed by atoms with Gasteiger partial charge >= 0.3 is 0 Å². The summed E-state index contributed by atoms with van der Waals surface area (Å²) in [5.74, 6) is -0.294. The highest BCUT2D eigenvalue weighted by atomic mass is 32.1. The minimum absolute atomic E-state index is 0.00710. The van der Waals surface area contributed by atoms with E-state index in [0.717, 1.165) is 6.42 Å². The van der Waals surface area contributed by atoms with Gasteiger partial charge in [-0.25, -0.2) is 0 Å². The molecule has 0 atom stereocenters. The number of amides is 2. The van der Waals surface area contributed by atoms with E-state index >= 15 is 0 Å². The Morgan fingerprint density at radius 2 is 1.95 bits per heavy atom. The van der Waals surface area contributed by atoms with Crippen LogP contribution in [-0.4, -0.2) is 28.6 Å². The summed E-state index contributed by atoms with van der Waals surface area (Å²) in [6, 6.07) is 9.17. The van der Waals surface area contributed by atoms with Crippen LogP contribution in [0.4, 0.5) is 5.69 Å². The summed E-state index contributed by atoms with van der Waals surface area (Å²) in [6.07, 6.45) is 1.76. The van der Waals surface area contributed by atoms with Crippen LogP contribution < -0.4 is 10.6 Å². The van der Waals surface area contributed by atoms with Crippen molar-refractivity contribution >= 4 is 28.8 Å². The molecule has 1 heterocycles. The van der Waals surface area contributed by atoms with Gasteiger partial charge in [0.1, 0.15) is 5.01 Å². The Morgan fingerprint density at radius 1 is 1.18 bits per heavy atom. The van der Waals surface area contributed by atoms with Crippen molar-refractivity contribution in [3.05, 3.63) is 40.3 Å². The fourth-order valence-corrected chi connectivity index (χ4v) is 2.46. The third kappa shape index (κ3) is 4.92. The van der Waals surface area contributed by atoms with Crippen molar-refractivity contribution in [2.45, 2.75) is 26.2 Å². The predicted molar refractivity (Wildman–Crippen MR) is 85.9 cm³/mol. The van der Waals surface area contributed by atoms with Crippen molar-refractivity contribution in [1.29, 1.82) is 0 Å². The van der Waals surface area contributed by atoms with Gasteiger partial charge in [-0.2, -0.15) is 0 Å². The summed E-state index contributed by atoms with van der Waals surface area (Å²) in [5, 5.41) is 14.4. The smallest absolute Gasteiger partial charge is 0.286 e. The Morgan fingerprint density at radius 3 is 2.68 bits per heavy atom. The van der Waals surface area contributed by atoms with E-state index in [9.17, 15) is 9.59 Å². The van der Waals surface area contributed by atoms with Crippen molar-refractivity contribution in [2.75, 3.05) is 11.9 Å². The summed E-state index contributed by atoms with van der Waals surface area (Å²) in [6.45, 7) is 2.68. The number of hydrogen-bond donors (Lipinski definition) is 2. The summed E-state index contributed by atoms with van der Waals surface area (Å²) in [4.78, 5) is 23.5. The largest absolute Gasteiger partial charge is 0.356 e. The van der Waals surface area contributed by atoms with Crippen LogP contribution >= 0.6 is 11.3 Å². The maximum Gasteiger partial charge on any atom is 0.286 e. The van der Waals surface area contributed by atoms with E-state index in [1.165, 1.54) is 11.3 Å². The number of aromatic nitrogens is 2. The SMILES string of the molecule is CCCNC(=O)CCc1nnc(C(=O)Nc2ccccc2)s1. The molecule has 1 aromatic carbocycles. The molecular weight excluding hydrogens is 300 g/mol. The third-order valence-electron chi connectivity index (χ3n) is 2.83. The molecule has 0 aliphatic rings. The lowest BCUT2D eigenvalue weighted by Gasteiger charge is -2.01. The Bertz CT molecular complexity index is 627. The molecule has 22 heavy (non-hydrogen) atoms. The van der Waals surface area contributed by atoms with Crippen LogP contribution in [0.3, 0.4) is 0 Å². The third-order valence-corrected chi connectivity index (χ3v) is 3.81. The molecule has 2 rings (SSSR count). The Hall–Kier alpha value is -2.28. The number of carbonyl (C=O) groups is 2. The van der Waals surface area contributed by atoms with Gasteiger partial charge in [-0.3, -0.25) is 9.59 Å². The molecule has 0 fully saturated rings. The molecule has 0 radical (unpaired) electrons. The van der Waals surface area contributed by atoms with Crippen LogP contribution in [0.15, 0.2) is 30.3 Å². The summed E-state index contributed by atoms with van der Waals surface area (Å²) in [5.41, 5.74) is 0.711. The maximum absolute atomic E-state index is 12.0. The van der Waals surface area contributed by atoms with Crippen molar-refractivity contribution in [1.82, 2.24) is 15.5 Å². The molecule has 1 aromatic heterocycles. The summed E-state index contributed by atoms with van der Waals surface area (Å²) >= 11 is 1.21. The topological polar surface area (TPSA) is 84.0 Å². The molecular formula is C15H18N4O2S. The van der Waals surface area contributed by atoms with Crippen molar-refractivity contribution in [2.24, 2.45) is 0 Å². The van der Waals surface area contributed by atoms with E-state index in [2.05, 4.69) is 20.8 Å². The van der Waals surface area contributed by atoms with E-state index in [1.54, 1.807) is 12.1 Å². The first kappa shape index (κ1) is 16.1. The van der Waals surface area contributed by atoms with Crippen LogP contribution in [0.2, 0.25) is 0 Å². The van der Waals surface area contributed by atoms with Gasteiger partial charge in [0.25, 0.3) is 5.91 Å².